The summed E-state index contributed by atoms with van der Waals surface area (Å²) in [7, 11) is 0. The second-order valence-electron chi connectivity index (χ2n) is 15.6. The highest BCUT2D eigenvalue weighted by atomic mass is 32.1. The Balaban J connectivity index is 0.938. The van der Waals surface area contributed by atoms with Gasteiger partial charge in [0.2, 0.25) is 0 Å². The number of para-hydroxylation sites is 2. The van der Waals surface area contributed by atoms with Crippen molar-refractivity contribution >= 4 is 120 Å². The lowest BCUT2D eigenvalue weighted by molar-refractivity contribution is 1.25. The number of hydrogen-bond donors (Lipinski definition) is 0. The predicted molar refractivity (Wildman–Crippen MR) is 257 cm³/mol. The number of fused-ring (bicyclic) bond motifs is 10. The second-order valence-corrected chi connectivity index (χ2v) is 17.7. The van der Waals surface area contributed by atoms with Crippen LogP contribution in [0.5, 0.6) is 0 Å². The summed E-state index contributed by atoms with van der Waals surface area (Å²) in [5.74, 6) is 0. The van der Waals surface area contributed by atoms with Gasteiger partial charge in [-0.15, -0.1) is 22.7 Å². The van der Waals surface area contributed by atoms with Crippen LogP contribution >= 0.6 is 22.7 Å². The van der Waals surface area contributed by atoms with Gasteiger partial charge in [0.25, 0.3) is 6.71 Å². The molecule has 5 heteroatoms. The number of anilines is 6. The van der Waals surface area contributed by atoms with Gasteiger partial charge in [0.15, 0.2) is 0 Å². The Bertz CT molecular complexity index is 3250. The maximum atomic E-state index is 2.48. The fraction of sp³-hybridized carbons (Fsp3) is 0. The summed E-state index contributed by atoms with van der Waals surface area (Å²) in [5.41, 5.74) is 16.2. The van der Waals surface area contributed by atoms with Crippen LogP contribution in [-0.4, -0.2) is 6.71 Å². The third-order valence-electron chi connectivity index (χ3n) is 12.5. The molecule has 0 spiro atoms. The molecule has 2 aliphatic heterocycles. The summed E-state index contributed by atoms with van der Waals surface area (Å²) in [6.07, 6.45) is 0. The summed E-state index contributed by atoms with van der Waals surface area (Å²) in [5, 5.41) is 5.31. The zero-order chi connectivity index (χ0) is 38.6. The van der Waals surface area contributed by atoms with Gasteiger partial charge in [-0.2, -0.15) is 0 Å². The lowest BCUT2D eigenvalue weighted by atomic mass is 9.33. The smallest absolute Gasteiger partial charge is 0.252 e. The molecule has 0 bridgehead atoms. The first-order valence-corrected chi connectivity index (χ1v) is 21.8. The van der Waals surface area contributed by atoms with Gasteiger partial charge in [-0.05, 0) is 99.3 Å². The maximum Gasteiger partial charge on any atom is 0.252 e. The van der Waals surface area contributed by atoms with Gasteiger partial charge in [-0.3, -0.25) is 0 Å². The molecule has 2 aliphatic rings. The van der Waals surface area contributed by atoms with Crippen molar-refractivity contribution in [3.8, 4) is 22.3 Å². The monoisotopic (exact) mass is 784 g/mol. The number of nitrogens with zero attached hydrogens (tertiary/aromatic N) is 2. The third-order valence-corrected chi connectivity index (χ3v) is 14.9. The zero-order valence-corrected chi connectivity index (χ0v) is 33.5. The van der Waals surface area contributed by atoms with E-state index in [-0.39, 0.29) is 6.71 Å². The van der Waals surface area contributed by atoms with E-state index in [1.54, 1.807) is 0 Å². The highest BCUT2D eigenvalue weighted by Gasteiger charge is 2.42. The van der Waals surface area contributed by atoms with Crippen LogP contribution in [0.15, 0.2) is 200 Å². The van der Waals surface area contributed by atoms with Crippen molar-refractivity contribution in [2.75, 3.05) is 9.80 Å². The van der Waals surface area contributed by atoms with Gasteiger partial charge in [0.05, 0.1) is 0 Å². The van der Waals surface area contributed by atoms with Crippen LogP contribution in [0.4, 0.5) is 34.1 Å². The molecule has 0 unspecified atom stereocenters. The minimum absolute atomic E-state index is 0.107. The number of hydrogen-bond acceptors (Lipinski definition) is 4. The molecule has 274 valence electrons. The van der Waals surface area contributed by atoms with E-state index in [1.807, 2.05) is 22.7 Å². The molecule has 11 aromatic rings. The van der Waals surface area contributed by atoms with E-state index in [2.05, 4.69) is 210 Å². The van der Waals surface area contributed by atoms with Gasteiger partial charge in [0, 0.05) is 74.5 Å². The Morgan fingerprint density at radius 1 is 0.322 bits per heavy atom. The van der Waals surface area contributed by atoms with Crippen LogP contribution in [0.2, 0.25) is 0 Å². The van der Waals surface area contributed by atoms with E-state index in [9.17, 15) is 0 Å². The molecule has 2 aromatic heterocycles. The number of rotatable bonds is 4. The van der Waals surface area contributed by atoms with Crippen molar-refractivity contribution in [2.45, 2.75) is 0 Å². The zero-order valence-electron chi connectivity index (χ0n) is 31.8. The molecule has 0 fully saturated rings. The summed E-state index contributed by atoms with van der Waals surface area (Å²) in [4.78, 5) is 4.96. The van der Waals surface area contributed by atoms with Crippen molar-refractivity contribution in [1.82, 2.24) is 0 Å². The van der Waals surface area contributed by atoms with Crippen molar-refractivity contribution in [1.29, 1.82) is 0 Å². The van der Waals surface area contributed by atoms with Gasteiger partial charge in [-0.1, -0.05) is 140 Å². The largest absolute Gasteiger partial charge is 0.311 e. The first-order valence-electron chi connectivity index (χ1n) is 20.2. The Labute approximate surface area is 350 Å². The van der Waals surface area contributed by atoms with Crippen LogP contribution in [0.1, 0.15) is 0 Å². The summed E-state index contributed by atoms with van der Waals surface area (Å²) < 4.78 is 5.34. The Kier molecular flexibility index (Phi) is 7.18. The topological polar surface area (TPSA) is 6.48 Å². The predicted octanol–water partition coefficient (Wildman–Crippen LogP) is 13.8. The van der Waals surface area contributed by atoms with E-state index < -0.39 is 0 Å². The quantitative estimate of drug-likeness (QED) is 0.164. The van der Waals surface area contributed by atoms with Crippen LogP contribution in [0, 0.1) is 0 Å². The van der Waals surface area contributed by atoms with Crippen molar-refractivity contribution in [2.24, 2.45) is 0 Å². The molecular weight excluding hydrogens is 752 g/mol. The first-order chi connectivity index (χ1) is 29.3. The van der Waals surface area contributed by atoms with E-state index in [4.69, 9.17) is 0 Å². The van der Waals surface area contributed by atoms with E-state index in [0.29, 0.717) is 0 Å². The average molecular weight is 785 g/mol. The number of thiophene rings is 2. The maximum absolute atomic E-state index is 2.48. The summed E-state index contributed by atoms with van der Waals surface area (Å²) >= 11 is 3.77. The van der Waals surface area contributed by atoms with Gasteiger partial charge < -0.3 is 9.80 Å². The normalized spacial score (nSPS) is 13.0. The molecule has 0 saturated carbocycles. The second kappa shape index (κ2) is 12.8. The van der Waals surface area contributed by atoms with E-state index in [1.165, 1.54) is 102 Å². The van der Waals surface area contributed by atoms with Crippen LogP contribution in [-0.2, 0) is 0 Å². The molecule has 2 nitrogen and oxygen atoms in total. The fourth-order valence-corrected chi connectivity index (χ4v) is 12.4. The highest BCUT2D eigenvalue weighted by molar-refractivity contribution is 7.26. The molecule has 0 N–H and O–H groups in total. The van der Waals surface area contributed by atoms with Crippen LogP contribution in [0.25, 0.3) is 62.6 Å². The SMILES string of the molecule is c1ccc2c(c1)B1c3ccccc3N(c3ccc(-c4cccc5c4sc4ccccc45)cc3)c3cccc(c31)N2c1ccc(-c2cccc3c2sc2ccccc23)cc1. The molecule has 4 heterocycles. The lowest BCUT2D eigenvalue weighted by Gasteiger charge is -2.44. The molecule has 0 saturated heterocycles. The molecule has 0 atom stereocenters. The minimum atomic E-state index is 0.107. The third kappa shape index (κ3) is 4.86. The van der Waals surface area contributed by atoms with Crippen LogP contribution in [0.3, 0.4) is 0 Å². The van der Waals surface area contributed by atoms with Gasteiger partial charge in [-0.25, -0.2) is 0 Å². The molecule has 0 aliphatic carbocycles. The Morgan fingerprint density at radius 2 is 0.712 bits per heavy atom. The lowest BCUT2D eigenvalue weighted by Crippen LogP contribution is -2.61. The number of benzene rings is 9. The first kappa shape index (κ1) is 33.1. The van der Waals surface area contributed by atoms with E-state index >= 15 is 0 Å². The standard InChI is InChI=1S/C54H33BN2S2/c1-7-24-50-40(12-1)42-16-9-14-38(53(42)58-50)34-26-30-36(31-27-34)56-46-20-5-3-18-44(46)55-45-19-4-6-21-47(45)57(49-23-11-22-48(56)52(49)55)37-32-28-35(29-33-37)39-15-10-17-43-41-13-2-8-25-51(41)59-54(39)43/h1-33H. The Morgan fingerprint density at radius 3 is 1.20 bits per heavy atom. The molecule has 13 rings (SSSR count). The van der Waals surface area contributed by atoms with E-state index in [0.717, 1.165) is 11.4 Å². The molecule has 0 amide bonds. The summed E-state index contributed by atoms with van der Waals surface area (Å²) in [6.45, 7) is 0.107. The molecule has 0 radical (unpaired) electrons. The van der Waals surface area contributed by atoms with Crippen molar-refractivity contribution in [3.05, 3.63) is 200 Å². The molecule has 59 heavy (non-hydrogen) atoms. The van der Waals surface area contributed by atoms with Crippen LogP contribution < -0.4 is 26.2 Å². The van der Waals surface area contributed by atoms with Crippen molar-refractivity contribution in [3.63, 3.8) is 0 Å². The summed E-state index contributed by atoms with van der Waals surface area (Å²) in [6, 6.07) is 74.3. The molecular formula is C54H33BN2S2. The highest BCUT2D eigenvalue weighted by Crippen LogP contribution is 2.46. The minimum Gasteiger partial charge on any atom is -0.311 e. The van der Waals surface area contributed by atoms with Gasteiger partial charge >= 0.3 is 0 Å². The van der Waals surface area contributed by atoms with Gasteiger partial charge in [0.1, 0.15) is 0 Å². The van der Waals surface area contributed by atoms with Crippen molar-refractivity contribution < 1.29 is 0 Å². The Hall–Kier alpha value is -6.92. The molecule has 9 aromatic carbocycles. The fourth-order valence-electron chi connectivity index (χ4n) is 9.92. The average Bonchev–Trinajstić information content (AvgIpc) is 3.88.